The molecule has 4 heteroatoms. The number of carbonyl (C=O) groups excluding carboxylic acids is 1. The molecule has 0 radical (unpaired) electrons. The van der Waals surface area contributed by atoms with Crippen LogP contribution in [0.4, 0.5) is 0 Å². The number of rotatable bonds is 8. The molecule has 0 bridgehead atoms. The van der Waals surface area contributed by atoms with Crippen LogP contribution < -0.4 is 0 Å². The number of aliphatic hydroxyl groups is 1. The lowest BCUT2D eigenvalue weighted by Crippen LogP contribution is -2.14. The molecule has 0 aliphatic carbocycles. The van der Waals surface area contributed by atoms with E-state index in [9.17, 15) is 9.90 Å². The van der Waals surface area contributed by atoms with E-state index in [1.54, 1.807) is 11.3 Å². The SMILES string of the molecule is CCCCCC(=O)C[C@@H](O)/C(C)=C/c1csc(C)n1. The van der Waals surface area contributed by atoms with E-state index in [0.29, 0.717) is 6.42 Å². The van der Waals surface area contributed by atoms with E-state index in [-0.39, 0.29) is 12.2 Å². The molecule has 1 rings (SSSR count). The molecule has 1 heterocycles. The molecule has 0 aliphatic rings. The van der Waals surface area contributed by atoms with Gasteiger partial charge in [0.2, 0.25) is 0 Å². The molecule has 0 saturated carbocycles. The summed E-state index contributed by atoms with van der Waals surface area (Å²) in [7, 11) is 0. The smallest absolute Gasteiger partial charge is 0.135 e. The van der Waals surface area contributed by atoms with Gasteiger partial charge in [-0.25, -0.2) is 4.98 Å². The fraction of sp³-hybridized carbons (Fsp3) is 0.600. The van der Waals surface area contributed by atoms with E-state index >= 15 is 0 Å². The van der Waals surface area contributed by atoms with E-state index < -0.39 is 6.10 Å². The monoisotopic (exact) mass is 281 g/mol. The van der Waals surface area contributed by atoms with Gasteiger partial charge >= 0.3 is 0 Å². The highest BCUT2D eigenvalue weighted by Crippen LogP contribution is 2.15. The van der Waals surface area contributed by atoms with Gasteiger partial charge in [0, 0.05) is 18.2 Å². The Morgan fingerprint density at radius 2 is 2.26 bits per heavy atom. The molecular weight excluding hydrogens is 258 g/mol. The highest BCUT2D eigenvalue weighted by molar-refractivity contribution is 7.09. The molecule has 0 saturated heterocycles. The molecule has 1 aromatic rings. The Bertz CT molecular complexity index is 437. The summed E-state index contributed by atoms with van der Waals surface area (Å²) in [5.41, 5.74) is 1.66. The van der Waals surface area contributed by atoms with Crippen molar-refractivity contribution in [2.75, 3.05) is 0 Å². The van der Waals surface area contributed by atoms with Crippen LogP contribution in [0, 0.1) is 6.92 Å². The summed E-state index contributed by atoms with van der Waals surface area (Å²) in [4.78, 5) is 16.0. The predicted octanol–water partition coefficient (Wildman–Crippen LogP) is 3.76. The molecule has 0 aliphatic heterocycles. The molecule has 106 valence electrons. The van der Waals surface area contributed by atoms with Crippen LogP contribution in [0.5, 0.6) is 0 Å². The Balaban J connectivity index is 2.46. The van der Waals surface area contributed by atoms with Gasteiger partial charge in [0.15, 0.2) is 0 Å². The summed E-state index contributed by atoms with van der Waals surface area (Å²) in [6, 6.07) is 0. The van der Waals surface area contributed by atoms with Crippen molar-refractivity contribution in [1.29, 1.82) is 0 Å². The summed E-state index contributed by atoms with van der Waals surface area (Å²) in [6.07, 6.45) is 5.08. The second-order valence-electron chi connectivity index (χ2n) is 4.90. The second kappa shape index (κ2) is 8.23. The van der Waals surface area contributed by atoms with Gasteiger partial charge in [-0.3, -0.25) is 4.79 Å². The van der Waals surface area contributed by atoms with Gasteiger partial charge in [-0.15, -0.1) is 11.3 Å². The van der Waals surface area contributed by atoms with Crippen molar-refractivity contribution in [3.05, 3.63) is 21.7 Å². The van der Waals surface area contributed by atoms with Crippen molar-refractivity contribution < 1.29 is 9.90 Å². The average Bonchev–Trinajstić information content (AvgIpc) is 2.75. The van der Waals surface area contributed by atoms with Crippen LogP contribution in [0.2, 0.25) is 0 Å². The number of nitrogens with zero attached hydrogens (tertiary/aromatic N) is 1. The number of hydrogen-bond donors (Lipinski definition) is 1. The molecule has 0 aromatic carbocycles. The first-order valence-corrected chi connectivity index (χ1v) is 7.71. The van der Waals surface area contributed by atoms with E-state index in [0.717, 1.165) is 35.5 Å². The summed E-state index contributed by atoms with van der Waals surface area (Å²) >= 11 is 1.58. The number of unbranched alkanes of at least 4 members (excludes halogenated alkanes) is 2. The fourth-order valence-corrected chi connectivity index (χ4v) is 2.40. The van der Waals surface area contributed by atoms with E-state index in [1.165, 1.54) is 0 Å². The van der Waals surface area contributed by atoms with Gasteiger partial charge < -0.3 is 5.11 Å². The number of carbonyl (C=O) groups is 1. The largest absolute Gasteiger partial charge is 0.388 e. The maximum Gasteiger partial charge on any atom is 0.135 e. The van der Waals surface area contributed by atoms with Gasteiger partial charge in [-0.05, 0) is 31.9 Å². The summed E-state index contributed by atoms with van der Waals surface area (Å²) in [6.45, 7) is 5.91. The molecule has 1 aromatic heterocycles. The van der Waals surface area contributed by atoms with Crippen LogP contribution in [0.1, 0.15) is 56.7 Å². The van der Waals surface area contributed by atoms with Gasteiger partial charge in [-0.1, -0.05) is 19.8 Å². The zero-order valence-corrected chi connectivity index (χ0v) is 12.8. The zero-order valence-electron chi connectivity index (χ0n) is 12.0. The molecule has 1 atom stereocenters. The maximum absolute atomic E-state index is 11.7. The highest BCUT2D eigenvalue weighted by Gasteiger charge is 2.12. The van der Waals surface area contributed by atoms with E-state index in [2.05, 4.69) is 11.9 Å². The van der Waals surface area contributed by atoms with Crippen molar-refractivity contribution in [2.24, 2.45) is 0 Å². The topological polar surface area (TPSA) is 50.2 Å². The number of Topliss-reactive ketones (excluding diaryl/α,β-unsaturated/α-hetero) is 1. The normalized spacial score (nSPS) is 13.6. The minimum absolute atomic E-state index is 0.142. The minimum Gasteiger partial charge on any atom is -0.388 e. The highest BCUT2D eigenvalue weighted by atomic mass is 32.1. The molecular formula is C15H23NO2S. The van der Waals surface area contributed by atoms with Crippen molar-refractivity contribution in [3.63, 3.8) is 0 Å². The molecule has 0 amide bonds. The van der Waals surface area contributed by atoms with Gasteiger partial charge in [0.05, 0.1) is 16.8 Å². The molecule has 0 spiro atoms. The standard InChI is InChI=1S/C15H23NO2S/c1-4-5-6-7-14(17)9-15(18)11(2)8-13-10-19-12(3)16-13/h8,10,15,18H,4-7,9H2,1-3H3/b11-8+/t15-/m1/s1. The summed E-state index contributed by atoms with van der Waals surface area (Å²) in [5.74, 6) is 0.142. The second-order valence-corrected chi connectivity index (χ2v) is 5.96. The van der Waals surface area contributed by atoms with Crippen LogP contribution in [0.25, 0.3) is 6.08 Å². The number of aromatic nitrogens is 1. The van der Waals surface area contributed by atoms with Crippen LogP contribution in [0.3, 0.4) is 0 Å². The third kappa shape index (κ3) is 6.12. The third-order valence-corrected chi connectivity index (χ3v) is 3.81. The van der Waals surface area contributed by atoms with Crippen molar-refractivity contribution in [3.8, 4) is 0 Å². The minimum atomic E-state index is -0.684. The number of ketones is 1. The summed E-state index contributed by atoms with van der Waals surface area (Å²) in [5, 5.41) is 13.0. The number of aliphatic hydroxyl groups excluding tert-OH is 1. The van der Waals surface area contributed by atoms with Crippen LogP contribution >= 0.6 is 11.3 Å². The molecule has 0 fully saturated rings. The maximum atomic E-state index is 11.7. The zero-order chi connectivity index (χ0) is 14.3. The van der Waals surface area contributed by atoms with E-state index in [4.69, 9.17) is 0 Å². The van der Waals surface area contributed by atoms with Gasteiger partial charge in [0.1, 0.15) is 5.78 Å². The Morgan fingerprint density at radius 3 is 2.84 bits per heavy atom. The third-order valence-electron chi connectivity index (χ3n) is 3.02. The lowest BCUT2D eigenvalue weighted by molar-refractivity contribution is -0.120. The van der Waals surface area contributed by atoms with Crippen molar-refractivity contribution in [1.82, 2.24) is 4.98 Å². The lowest BCUT2D eigenvalue weighted by Gasteiger charge is -2.10. The van der Waals surface area contributed by atoms with Crippen LogP contribution in [0.15, 0.2) is 11.0 Å². The molecule has 1 N–H and O–H groups in total. The van der Waals surface area contributed by atoms with Crippen LogP contribution in [-0.4, -0.2) is 22.0 Å². The Hall–Kier alpha value is -1.00. The first kappa shape index (κ1) is 16.1. The van der Waals surface area contributed by atoms with E-state index in [1.807, 2.05) is 25.3 Å². The number of hydrogen-bond acceptors (Lipinski definition) is 4. The van der Waals surface area contributed by atoms with Gasteiger partial charge in [-0.2, -0.15) is 0 Å². The first-order valence-electron chi connectivity index (χ1n) is 6.83. The Labute approximate surface area is 119 Å². The Kier molecular flexibility index (Phi) is 6.95. The quantitative estimate of drug-likeness (QED) is 0.738. The number of thiazole rings is 1. The average molecular weight is 281 g/mol. The lowest BCUT2D eigenvalue weighted by atomic mass is 10.0. The van der Waals surface area contributed by atoms with Crippen molar-refractivity contribution in [2.45, 2.75) is 59.0 Å². The molecule has 19 heavy (non-hydrogen) atoms. The fourth-order valence-electron chi connectivity index (χ4n) is 1.83. The first-order chi connectivity index (χ1) is 9.02. The molecule has 3 nitrogen and oxygen atoms in total. The van der Waals surface area contributed by atoms with Crippen molar-refractivity contribution >= 4 is 23.2 Å². The summed E-state index contributed by atoms with van der Waals surface area (Å²) < 4.78 is 0. The predicted molar refractivity (Wildman–Crippen MR) is 80.3 cm³/mol. The molecule has 0 unspecified atom stereocenters. The van der Waals surface area contributed by atoms with Gasteiger partial charge in [0.25, 0.3) is 0 Å². The number of aryl methyl sites for hydroxylation is 1. The van der Waals surface area contributed by atoms with Crippen LogP contribution in [-0.2, 0) is 4.79 Å². The Morgan fingerprint density at radius 1 is 1.53 bits per heavy atom.